The van der Waals surface area contributed by atoms with Gasteiger partial charge in [-0.2, -0.15) is 0 Å². The average molecular weight is 432 g/mol. The number of aliphatic hydroxyl groups excluding tert-OH is 1. The van der Waals surface area contributed by atoms with Crippen LogP contribution < -0.4 is 4.90 Å². The highest BCUT2D eigenvalue weighted by atomic mass is 16.4. The number of anilines is 1. The van der Waals surface area contributed by atoms with Crippen molar-refractivity contribution in [3.8, 4) is 0 Å². The van der Waals surface area contributed by atoms with E-state index in [0.29, 0.717) is 18.6 Å². The Morgan fingerprint density at radius 2 is 1.77 bits per heavy atom. The smallest absolute Gasteiger partial charge is 0.303 e. The van der Waals surface area contributed by atoms with Crippen LogP contribution in [0, 0.1) is 0 Å². The SMILES string of the molecule is CCCCCC(O)C(C)(C)c1ccc(N2CCC(=O)C2CCCCCCC(=O)O)cc1. The average Bonchev–Trinajstić information content (AvgIpc) is 3.11. The number of nitrogens with zero attached hydrogens (tertiary/aromatic N) is 1. The molecular weight excluding hydrogens is 390 g/mol. The van der Waals surface area contributed by atoms with Gasteiger partial charge in [0.25, 0.3) is 0 Å². The number of carbonyl (C=O) groups excluding carboxylic acids is 1. The van der Waals surface area contributed by atoms with Gasteiger partial charge in [-0.1, -0.05) is 71.4 Å². The standard InChI is InChI=1S/C26H41NO4/c1-4-5-8-12-24(29)26(2,3)20-14-16-21(17-15-20)27-19-18-23(28)22(27)11-9-6-7-10-13-25(30)31/h14-17,22,24,29H,4-13,18-19H2,1-3H3,(H,30,31). The van der Waals surface area contributed by atoms with Gasteiger partial charge in [0.2, 0.25) is 0 Å². The summed E-state index contributed by atoms with van der Waals surface area (Å²) in [6.45, 7) is 7.13. The van der Waals surface area contributed by atoms with Crippen molar-refractivity contribution in [2.75, 3.05) is 11.4 Å². The monoisotopic (exact) mass is 431 g/mol. The number of Topliss-reactive ketones (excluding diaryl/α,β-unsaturated/α-hetero) is 1. The molecule has 2 rings (SSSR count). The van der Waals surface area contributed by atoms with E-state index < -0.39 is 5.97 Å². The third kappa shape index (κ3) is 7.34. The van der Waals surface area contributed by atoms with E-state index in [9.17, 15) is 14.7 Å². The van der Waals surface area contributed by atoms with Crippen molar-refractivity contribution in [2.45, 2.75) is 109 Å². The molecule has 0 bridgehead atoms. The van der Waals surface area contributed by atoms with E-state index in [2.05, 4.69) is 49.9 Å². The Labute approximate surface area is 187 Å². The first kappa shape index (κ1) is 25.4. The van der Waals surface area contributed by atoms with Gasteiger partial charge in [-0.05, 0) is 37.0 Å². The number of benzene rings is 1. The maximum Gasteiger partial charge on any atom is 0.303 e. The maximum absolute atomic E-state index is 12.5. The Morgan fingerprint density at radius 3 is 2.42 bits per heavy atom. The Balaban J connectivity index is 1.93. The number of carboxylic acid groups (broad SMARTS) is 1. The van der Waals surface area contributed by atoms with Gasteiger partial charge in [0.05, 0.1) is 12.1 Å². The van der Waals surface area contributed by atoms with Gasteiger partial charge in [-0.15, -0.1) is 0 Å². The van der Waals surface area contributed by atoms with Crippen LogP contribution in [0.5, 0.6) is 0 Å². The highest BCUT2D eigenvalue weighted by Gasteiger charge is 2.33. The summed E-state index contributed by atoms with van der Waals surface area (Å²) in [5.74, 6) is -0.432. The fourth-order valence-electron chi connectivity index (χ4n) is 4.54. The van der Waals surface area contributed by atoms with Crippen molar-refractivity contribution in [1.29, 1.82) is 0 Å². The molecule has 1 aromatic rings. The second-order valence-corrected chi connectivity index (χ2v) is 9.55. The van der Waals surface area contributed by atoms with Gasteiger partial charge in [0.1, 0.15) is 0 Å². The zero-order valence-electron chi connectivity index (χ0n) is 19.6. The van der Waals surface area contributed by atoms with Crippen molar-refractivity contribution in [3.05, 3.63) is 29.8 Å². The highest BCUT2D eigenvalue weighted by Crippen LogP contribution is 2.33. The summed E-state index contributed by atoms with van der Waals surface area (Å²) in [5, 5.41) is 19.4. The topological polar surface area (TPSA) is 77.8 Å². The molecule has 1 aromatic carbocycles. The summed E-state index contributed by atoms with van der Waals surface area (Å²) >= 11 is 0. The number of aliphatic carboxylic acids is 1. The van der Waals surface area contributed by atoms with Crippen LogP contribution in [0.3, 0.4) is 0 Å². The molecule has 1 fully saturated rings. The van der Waals surface area contributed by atoms with Crippen LogP contribution in [-0.2, 0) is 15.0 Å². The normalized spacial score (nSPS) is 17.9. The Kier molecular flexibility index (Phi) is 10.0. The first-order valence-electron chi connectivity index (χ1n) is 12.1. The lowest BCUT2D eigenvalue weighted by Gasteiger charge is -2.32. The lowest BCUT2D eigenvalue weighted by molar-refractivity contribution is -0.137. The Hall–Kier alpha value is -1.88. The molecule has 31 heavy (non-hydrogen) atoms. The molecule has 1 heterocycles. The third-order valence-electron chi connectivity index (χ3n) is 6.82. The molecule has 2 atom stereocenters. The predicted octanol–water partition coefficient (Wildman–Crippen LogP) is 5.48. The molecule has 2 N–H and O–H groups in total. The van der Waals surface area contributed by atoms with Crippen LogP contribution in [0.1, 0.15) is 97.0 Å². The van der Waals surface area contributed by atoms with E-state index >= 15 is 0 Å². The van der Waals surface area contributed by atoms with Gasteiger partial charge >= 0.3 is 5.97 Å². The van der Waals surface area contributed by atoms with Crippen LogP contribution in [0.2, 0.25) is 0 Å². The van der Waals surface area contributed by atoms with Crippen molar-refractivity contribution < 1.29 is 19.8 Å². The van der Waals surface area contributed by atoms with E-state index in [-0.39, 0.29) is 24.0 Å². The van der Waals surface area contributed by atoms with E-state index in [1.165, 1.54) is 0 Å². The number of carboxylic acids is 1. The largest absolute Gasteiger partial charge is 0.481 e. The summed E-state index contributed by atoms with van der Waals surface area (Å²) in [7, 11) is 0. The molecular formula is C26H41NO4. The molecule has 5 heteroatoms. The first-order chi connectivity index (χ1) is 14.8. The second-order valence-electron chi connectivity index (χ2n) is 9.55. The molecule has 0 amide bonds. The summed E-state index contributed by atoms with van der Waals surface area (Å²) in [6.07, 6.45) is 8.96. The molecule has 0 spiro atoms. The van der Waals surface area contributed by atoms with Crippen molar-refractivity contribution in [1.82, 2.24) is 0 Å². The molecule has 174 valence electrons. The lowest BCUT2D eigenvalue weighted by atomic mass is 9.77. The minimum Gasteiger partial charge on any atom is -0.481 e. The fraction of sp³-hybridized carbons (Fsp3) is 0.692. The second kappa shape index (κ2) is 12.2. The molecule has 1 saturated heterocycles. The minimum atomic E-state index is -0.739. The molecule has 0 aromatic heterocycles. The molecule has 0 radical (unpaired) electrons. The highest BCUT2D eigenvalue weighted by molar-refractivity contribution is 5.90. The number of hydrogen-bond acceptors (Lipinski definition) is 4. The summed E-state index contributed by atoms with van der Waals surface area (Å²) in [5.41, 5.74) is 1.89. The quantitative estimate of drug-likeness (QED) is 0.382. The number of aliphatic hydroxyl groups is 1. The van der Waals surface area contributed by atoms with E-state index in [4.69, 9.17) is 5.11 Å². The van der Waals surface area contributed by atoms with Gasteiger partial charge < -0.3 is 15.1 Å². The fourth-order valence-corrected chi connectivity index (χ4v) is 4.54. The van der Waals surface area contributed by atoms with Gasteiger partial charge in [-0.25, -0.2) is 0 Å². The van der Waals surface area contributed by atoms with Gasteiger partial charge in [0, 0.05) is 30.5 Å². The number of rotatable bonds is 14. The van der Waals surface area contributed by atoms with E-state index in [1.54, 1.807) is 0 Å². The Morgan fingerprint density at radius 1 is 1.10 bits per heavy atom. The molecule has 1 aliphatic rings. The van der Waals surface area contributed by atoms with Crippen LogP contribution in [0.15, 0.2) is 24.3 Å². The summed E-state index contributed by atoms with van der Waals surface area (Å²) in [6, 6.07) is 8.31. The van der Waals surface area contributed by atoms with Crippen LogP contribution >= 0.6 is 0 Å². The van der Waals surface area contributed by atoms with E-state index in [1.807, 2.05) is 0 Å². The molecule has 2 unspecified atom stereocenters. The number of ketones is 1. The zero-order chi connectivity index (χ0) is 22.9. The van der Waals surface area contributed by atoms with Crippen molar-refractivity contribution >= 4 is 17.4 Å². The number of hydrogen-bond donors (Lipinski definition) is 2. The summed E-state index contributed by atoms with van der Waals surface area (Å²) in [4.78, 5) is 25.3. The lowest BCUT2D eigenvalue weighted by Crippen LogP contribution is -2.34. The minimum absolute atomic E-state index is 0.0713. The van der Waals surface area contributed by atoms with E-state index in [0.717, 1.165) is 69.2 Å². The van der Waals surface area contributed by atoms with Crippen LogP contribution in [0.4, 0.5) is 5.69 Å². The maximum atomic E-state index is 12.5. The summed E-state index contributed by atoms with van der Waals surface area (Å²) < 4.78 is 0. The third-order valence-corrected chi connectivity index (χ3v) is 6.82. The van der Waals surface area contributed by atoms with Crippen molar-refractivity contribution in [3.63, 3.8) is 0 Å². The molecule has 5 nitrogen and oxygen atoms in total. The first-order valence-corrected chi connectivity index (χ1v) is 12.1. The number of unbranched alkanes of at least 4 members (excludes halogenated alkanes) is 5. The molecule has 1 aliphatic heterocycles. The van der Waals surface area contributed by atoms with Crippen LogP contribution in [-0.4, -0.2) is 40.7 Å². The van der Waals surface area contributed by atoms with Gasteiger partial charge in [0.15, 0.2) is 5.78 Å². The zero-order valence-corrected chi connectivity index (χ0v) is 19.6. The van der Waals surface area contributed by atoms with Crippen LogP contribution in [0.25, 0.3) is 0 Å². The molecule has 0 saturated carbocycles. The molecule has 0 aliphatic carbocycles. The van der Waals surface area contributed by atoms with Crippen molar-refractivity contribution in [2.24, 2.45) is 0 Å². The van der Waals surface area contributed by atoms with Gasteiger partial charge in [-0.3, -0.25) is 9.59 Å². The predicted molar refractivity (Wildman–Crippen MR) is 126 cm³/mol. The Bertz CT molecular complexity index is 698. The number of carbonyl (C=O) groups is 2.